The summed E-state index contributed by atoms with van der Waals surface area (Å²) in [5.74, 6) is -3.03. The normalized spacial score (nSPS) is 15.2. The molecule has 0 aromatic heterocycles. The fourth-order valence-corrected chi connectivity index (χ4v) is 3.25. The Morgan fingerprint density at radius 3 is 2.32 bits per heavy atom. The summed E-state index contributed by atoms with van der Waals surface area (Å²) in [6, 6.07) is 6.33. The lowest BCUT2D eigenvalue weighted by Gasteiger charge is -2.26. The van der Waals surface area contributed by atoms with Crippen LogP contribution in [0.1, 0.15) is 5.56 Å². The minimum atomic E-state index is -0.971. The molecule has 0 radical (unpaired) electrons. The summed E-state index contributed by atoms with van der Waals surface area (Å²) in [6.45, 7) is -0.425. The second-order valence-electron chi connectivity index (χ2n) is 6.11. The number of carbonyl (C=O) groups excluding carboxylic acids is 4. The molecule has 0 saturated carbocycles. The Bertz CT molecular complexity index is 1090. The van der Waals surface area contributed by atoms with E-state index in [1.54, 1.807) is 0 Å². The Hall–Kier alpha value is -3.43. The highest BCUT2D eigenvalue weighted by atomic mass is 35.5. The van der Waals surface area contributed by atoms with Crippen molar-refractivity contribution in [3.63, 3.8) is 0 Å². The molecule has 2 aromatic carbocycles. The lowest BCUT2D eigenvalue weighted by atomic mass is 10.1. The largest absolute Gasteiger partial charge is 0.479 e. The van der Waals surface area contributed by atoms with Gasteiger partial charge in [0.25, 0.3) is 11.8 Å². The van der Waals surface area contributed by atoms with Crippen LogP contribution in [0.25, 0.3) is 6.08 Å². The number of anilines is 1. The number of carbonyl (C=O) groups is 4. The van der Waals surface area contributed by atoms with Crippen molar-refractivity contribution in [1.82, 2.24) is 5.32 Å². The summed E-state index contributed by atoms with van der Waals surface area (Å²) < 4.78 is 22.9. The third kappa shape index (κ3) is 4.84. The summed E-state index contributed by atoms with van der Waals surface area (Å²) in [5, 5.41) is 2.07. The van der Waals surface area contributed by atoms with Crippen molar-refractivity contribution in [3.05, 3.63) is 63.4 Å². The molecule has 4 amide bonds. The van der Waals surface area contributed by atoms with Crippen LogP contribution < -0.4 is 15.0 Å². The van der Waals surface area contributed by atoms with Crippen LogP contribution in [-0.2, 0) is 19.1 Å². The van der Waals surface area contributed by atoms with Gasteiger partial charge >= 0.3 is 12.0 Å². The van der Waals surface area contributed by atoms with Gasteiger partial charge in [0, 0.05) is 0 Å². The van der Waals surface area contributed by atoms with Crippen LogP contribution in [-0.4, -0.2) is 37.5 Å². The highest BCUT2D eigenvalue weighted by molar-refractivity contribution is 6.40. The quantitative estimate of drug-likeness (QED) is 0.411. The van der Waals surface area contributed by atoms with Gasteiger partial charge in [0.15, 0.2) is 12.4 Å². The molecule has 2 aromatic rings. The average Bonchev–Trinajstić information content (AvgIpc) is 2.71. The topological polar surface area (TPSA) is 102 Å². The average molecular weight is 467 g/mol. The Kier molecular flexibility index (Phi) is 6.57. The van der Waals surface area contributed by atoms with E-state index in [-0.39, 0.29) is 32.6 Å². The molecule has 0 aliphatic carbocycles. The Labute approximate surface area is 185 Å². The second-order valence-corrected chi connectivity index (χ2v) is 6.93. The zero-order chi connectivity index (χ0) is 22.7. The van der Waals surface area contributed by atoms with E-state index in [4.69, 9.17) is 27.9 Å². The number of urea groups is 1. The first-order valence-electron chi connectivity index (χ1n) is 8.57. The molecule has 31 heavy (non-hydrogen) atoms. The highest BCUT2D eigenvalue weighted by Gasteiger charge is 2.36. The Balaban J connectivity index is 1.93. The van der Waals surface area contributed by atoms with Gasteiger partial charge in [-0.1, -0.05) is 23.2 Å². The predicted molar refractivity (Wildman–Crippen MR) is 109 cm³/mol. The SMILES string of the molecule is COC(=O)COc1c(Cl)cc(/C=C2\C(=O)NC(=O)N(c3ccc(F)cc3)C2=O)cc1Cl. The van der Waals surface area contributed by atoms with Crippen molar-refractivity contribution in [2.24, 2.45) is 0 Å². The van der Waals surface area contributed by atoms with E-state index in [2.05, 4.69) is 4.74 Å². The number of halogens is 3. The molecule has 0 unspecified atom stereocenters. The van der Waals surface area contributed by atoms with Gasteiger partial charge < -0.3 is 9.47 Å². The van der Waals surface area contributed by atoms with E-state index in [9.17, 15) is 23.6 Å². The molecule has 8 nitrogen and oxygen atoms in total. The zero-order valence-corrected chi connectivity index (χ0v) is 17.3. The Morgan fingerprint density at radius 2 is 1.74 bits per heavy atom. The second kappa shape index (κ2) is 9.15. The number of ether oxygens (including phenoxy) is 2. The van der Waals surface area contributed by atoms with Gasteiger partial charge in [-0.25, -0.2) is 18.9 Å². The van der Waals surface area contributed by atoms with Crippen LogP contribution in [0.5, 0.6) is 5.75 Å². The van der Waals surface area contributed by atoms with Gasteiger partial charge in [-0.3, -0.25) is 14.9 Å². The van der Waals surface area contributed by atoms with Crippen molar-refractivity contribution in [3.8, 4) is 5.75 Å². The molecule has 1 heterocycles. The zero-order valence-electron chi connectivity index (χ0n) is 15.8. The maximum absolute atomic E-state index is 13.2. The van der Waals surface area contributed by atoms with Crippen LogP contribution in [0.15, 0.2) is 42.0 Å². The third-order valence-electron chi connectivity index (χ3n) is 4.08. The van der Waals surface area contributed by atoms with Crippen LogP contribution in [0, 0.1) is 5.82 Å². The van der Waals surface area contributed by atoms with Crippen LogP contribution in [0.4, 0.5) is 14.9 Å². The minimum Gasteiger partial charge on any atom is -0.479 e. The number of rotatable bonds is 5. The Morgan fingerprint density at radius 1 is 1.13 bits per heavy atom. The monoisotopic (exact) mass is 466 g/mol. The molecular formula is C20H13Cl2FN2O6. The number of methoxy groups -OCH3 is 1. The van der Waals surface area contributed by atoms with Gasteiger partial charge in [0.05, 0.1) is 22.8 Å². The first-order valence-corrected chi connectivity index (χ1v) is 9.32. The molecule has 1 N–H and O–H groups in total. The highest BCUT2D eigenvalue weighted by Crippen LogP contribution is 2.35. The van der Waals surface area contributed by atoms with Gasteiger partial charge in [-0.05, 0) is 48.0 Å². The summed E-state index contributed by atoms with van der Waals surface area (Å²) in [4.78, 5) is 49.2. The fourth-order valence-electron chi connectivity index (χ4n) is 2.64. The van der Waals surface area contributed by atoms with Crippen LogP contribution >= 0.6 is 23.2 Å². The minimum absolute atomic E-state index is 0.0124. The van der Waals surface area contributed by atoms with E-state index < -0.39 is 36.2 Å². The number of hydrogen-bond acceptors (Lipinski definition) is 6. The number of hydrogen-bond donors (Lipinski definition) is 1. The summed E-state index contributed by atoms with van der Waals surface area (Å²) >= 11 is 12.3. The van der Waals surface area contributed by atoms with Crippen molar-refractivity contribution < 1.29 is 33.0 Å². The van der Waals surface area contributed by atoms with Crippen LogP contribution in [0.3, 0.4) is 0 Å². The fraction of sp³-hybridized carbons (Fsp3) is 0.100. The van der Waals surface area contributed by atoms with Gasteiger partial charge in [0.2, 0.25) is 0 Å². The first kappa shape index (κ1) is 22.3. The number of amides is 4. The van der Waals surface area contributed by atoms with Gasteiger partial charge in [-0.15, -0.1) is 0 Å². The molecule has 3 rings (SSSR count). The molecule has 11 heteroatoms. The number of nitrogens with zero attached hydrogens (tertiary/aromatic N) is 1. The predicted octanol–water partition coefficient (Wildman–Crippen LogP) is 3.35. The first-order chi connectivity index (χ1) is 14.7. The van der Waals surface area contributed by atoms with Crippen molar-refractivity contribution in [1.29, 1.82) is 0 Å². The van der Waals surface area contributed by atoms with E-state index in [1.165, 1.54) is 37.5 Å². The van der Waals surface area contributed by atoms with Gasteiger partial charge in [-0.2, -0.15) is 0 Å². The lowest BCUT2D eigenvalue weighted by Crippen LogP contribution is -2.54. The number of benzene rings is 2. The number of esters is 1. The van der Waals surface area contributed by atoms with E-state index >= 15 is 0 Å². The van der Waals surface area contributed by atoms with E-state index in [0.29, 0.717) is 4.90 Å². The molecule has 160 valence electrons. The molecule has 1 aliphatic rings. The standard InChI is InChI=1S/C20H13Cl2FN2O6/c1-30-16(26)9-31-17-14(21)7-10(8-15(17)22)6-13-18(27)24-20(29)25(19(13)28)12-4-2-11(23)3-5-12/h2-8H,9H2,1H3,(H,24,27,29)/b13-6+. The molecule has 1 fully saturated rings. The van der Waals surface area contributed by atoms with E-state index in [1.807, 2.05) is 5.32 Å². The third-order valence-corrected chi connectivity index (χ3v) is 4.64. The summed E-state index contributed by atoms with van der Waals surface area (Å²) in [5.41, 5.74) is -0.0449. The summed E-state index contributed by atoms with van der Waals surface area (Å²) in [7, 11) is 1.19. The maximum Gasteiger partial charge on any atom is 0.343 e. The van der Waals surface area contributed by atoms with Crippen molar-refractivity contribution in [2.75, 3.05) is 18.6 Å². The molecular weight excluding hydrogens is 454 g/mol. The number of imide groups is 2. The maximum atomic E-state index is 13.2. The van der Waals surface area contributed by atoms with Crippen LogP contribution in [0.2, 0.25) is 10.0 Å². The summed E-state index contributed by atoms with van der Waals surface area (Å²) in [6.07, 6.45) is 1.18. The number of barbiturate groups is 1. The van der Waals surface area contributed by atoms with Gasteiger partial charge in [0.1, 0.15) is 11.4 Å². The molecule has 0 atom stereocenters. The van der Waals surface area contributed by atoms with Crippen molar-refractivity contribution >= 4 is 58.8 Å². The lowest BCUT2D eigenvalue weighted by molar-refractivity contribution is -0.143. The molecule has 0 spiro atoms. The smallest absolute Gasteiger partial charge is 0.343 e. The number of nitrogens with one attached hydrogen (secondary N) is 1. The molecule has 1 aliphatic heterocycles. The molecule has 1 saturated heterocycles. The van der Waals surface area contributed by atoms with E-state index in [0.717, 1.165) is 12.1 Å². The van der Waals surface area contributed by atoms with Crippen molar-refractivity contribution in [2.45, 2.75) is 0 Å². The molecule has 0 bridgehead atoms.